The molecule has 0 atom stereocenters. The molecule has 12 rings (SSSR count). The van der Waals surface area contributed by atoms with E-state index in [0.717, 1.165) is 39.0 Å². The lowest BCUT2D eigenvalue weighted by molar-refractivity contribution is 0.669. The van der Waals surface area contributed by atoms with Crippen LogP contribution in [0.2, 0.25) is 0 Å². The first-order valence-electron chi connectivity index (χ1n) is 21.0. The summed E-state index contributed by atoms with van der Waals surface area (Å²) in [4.78, 5) is 2.38. The van der Waals surface area contributed by atoms with Gasteiger partial charge in [-0.05, 0) is 109 Å². The Morgan fingerprint density at radius 3 is 1.56 bits per heavy atom. The van der Waals surface area contributed by atoms with Gasteiger partial charge in [-0.2, -0.15) is 0 Å². The monoisotopic (exact) mass is 777 g/mol. The molecule has 0 spiro atoms. The van der Waals surface area contributed by atoms with Crippen LogP contribution in [-0.2, 0) is 5.41 Å². The van der Waals surface area contributed by atoms with Crippen molar-refractivity contribution in [2.45, 2.75) is 5.41 Å². The highest BCUT2D eigenvalue weighted by Gasteiger charge is 2.46. The molecule has 1 aromatic heterocycles. The average Bonchev–Trinajstić information content (AvgIpc) is 3.86. The second-order valence-electron chi connectivity index (χ2n) is 16.0. The Hall–Kier alpha value is -7.94. The molecule has 2 heteroatoms. The fourth-order valence-electron chi connectivity index (χ4n) is 10.1. The molecular weight excluding hydrogens is 739 g/mol. The van der Waals surface area contributed by atoms with Crippen molar-refractivity contribution < 1.29 is 4.42 Å². The number of furan rings is 1. The molecule has 286 valence electrons. The van der Waals surface area contributed by atoms with Crippen molar-refractivity contribution in [3.8, 4) is 33.4 Å². The molecular formula is C59H39NO. The van der Waals surface area contributed by atoms with E-state index in [9.17, 15) is 0 Å². The minimum atomic E-state index is -0.520. The van der Waals surface area contributed by atoms with Crippen LogP contribution in [0.15, 0.2) is 241 Å². The summed E-state index contributed by atoms with van der Waals surface area (Å²) in [6.45, 7) is 0. The van der Waals surface area contributed by atoms with Gasteiger partial charge in [0.25, 0.3) is 0 Å². The topological polar surface area (TPSA) is 16.4 Å². The molecule has 0 aliphatic heterocycles. The Morgan fingerprint density at radius 2 is 0.852 bits per heavy atom. The number of fused-ring (bicyclic) bond motifs is 8. The minimum Gasteiger partial charge on any atom is -0.456 e. The number of hydrogen-bond donors (Lipinski definition) is 0. The first-order chi connectivity index (χ1) is 30.3. The molecule has 0 unspecified atom stereocenters. The summed E-state index contributed by atoms with van der Waals surface area (Å²) in [6, 6.07) is 85.8. The van der Waals surface area contributed by atoms with Crippen LogP contribution in [0.3, 0.4) is 0 Å². The Kier molecular flexibility index (Phi) is 8.11. The van der Waals surface area contributed by atoms with E-state index in [4.69, 9.17) is 4.42 Å². The van der Waals surface area contributed by atoms with Crippen LogP contribution in [0.4, 0.5) is 17.1 Å². The van der Waals surface area contributed by atoms with Crippen molar-refractivity contribution >= 4 is 49.8 Å². The standard InChI is InChI=1S/C59H39NO/c1-4-17-40(18-5-1)41-31-33-45(34-32-41)60(47-35-36-52-56(38-47)61-57-39-53(42-19-6-2-7-20-42)48-25-10-11-28-51(48)58(52)57)46-24-16-23-44(37-46)59(43-21-8-3-9-22-43)54-29-14-12-26-49(54)50-27-13-15-30-55(50)59/h1-39H. The first kappa shape index (κ1) is 35.0. The van der Waals surface area contributed by atoms with E-state index in [1.807, 2.05) is 0 Å². The van der Waals surface area contributed by atoms with Crippen LogP contribution in [-0.4, -0.2) is 0 Å². The molecule has 0 fully saturated rings. The Bertz CT molecular complexity index is 3360. The molecule has 0 saturated heterocycles. The van der Waals surface area contributed by atoms with E-state index in [1.54, 1.807) is 0 Å². The van der Waals surface area contributed by atoms with E-state index < -0.39 is 5.41 Å². The van der Waals surface area contributed by atoms with Gasteiger partial charge in [-0.1, -0.05) is 188 Å². The molecule has 0 amide bonds. The molecule has 61 heavy (non-hydrogen) atoms. The van der Waals surface area contributed by atoms with Crippen molar-refractivity contribution in [2.24, 2.45) is 0 Å². The number of hydrogen-bond acceptors (Lipinski definition) is 2. The largest absolute Gasteiger partial charge is 0.456 e. The fourth-order valence-corrected chi connectivity index (χ4v) is 10.1. The summed E-state index contributed by atoms with van der Waals surface area (Å²) >= 11 is 0. The predicted octanol–water partition coefficient (Wildman–Crippen LogP) is 15.9. The van der Waals surface area contributed by atoms with Gasteiger partial charge in [-0.3, -0.25) is 0 Å². The number of benzene rings is 10. The second kappa shape index (κ2) is 14.1. The van der Waals surface area contributed by atoms with E-state index in [-0.39, 0.29) is 0 Å². The van der Waals surface area contributed by atoms with Crippen LogP contribution in [0.1, 0.15) is 22.3 Å². The summed E-state index contributed by atoms with van der Waals surface area (Å²) in [6.07, 6.45) is 0. The molecule has 0 N–H and O–H groups in total. The molecule has 1 aliphatic rings. The van der Waals surface area contributed by atoms with Crippen LogP contribution in [0.25, 0.3) is 66.1 Å². The van der Waals surface area contributed by atoms with Gasteiger partial charge < -0.3 is 9.32 Å². The second-order valence-corrected chi connectivity index (χ2v) is 16.0. The summed E-state index contributed by atoms with van der Waals surface area (Å²) in [5.41, 5.74) is 16.7. The molecule has 0 radical (unpaired) electrons. The summed E-state index contributed by atoms with van der Waals surface area (Å²) in [5, 5.41) is 4.65. The molecule has 0 saturated carbocycles. The van der Waals surface area contributed by atoms with E-state index in [2.05, 4.69) is 241 Å². The SMILES string of the molecule is c1ccc(-c2ccc(N(c3cccc(C4(c5ccccc5)c5ccccc5-c5ccccc54)c3)c3ccc4c(c3)oc3cc(-c5ccccc5)c5ccccc5c34)cc2)cc1. The van der Waals surface area contributed by atoms with Crippen molar-refractivity contribution in [3.05, 3.63) is 259 Å². The quantitative estimate of drug-likeness (QED) is 0.160. The summed E-state index contributed by atoms with van der Waals surface area (Å²) in [7, 11) is 0. The normalized spacial score (nSPS) is 12.7. The first-order valence-corrected chi connectivity index (χ1v) is 21.0. The third-order valence-corrected chi connectivity index (χ3v) is 12.7. The Balaban J connectivity index is 1.08. The number of rotatable bonds is 7. The number of anilines is 3. The van der Waals surface area contributed by atoms with Gasteiger partial charge in [0, 0.05) is 33.9 Å². The van der Waals surface area contributed by atoms with Crippen LogP contribution in [0.5, 0.6) is 0 Å². The third kappa shape index (κ3) is 5.50. The lowest BCUT2D eigenvalue weighted by Crippen LogP contribution is -2.28. The van der Waals surface area contributed by atoms with Gasteiger partial charge in [-0.15, -0.1) is 0 Å². The predicted molar refractivity (Wildman–Crippen MR) is 254 cm³/mol. The van der Waals surface area contributed by atoms with Gasteiger partial charge >= 0.3 is 0 Å². The molecule has 0 bridgehead atoms. The van der Waals surface area contributed by atoms with Gasteiger partial charge in [-0.25, -0.2) is 0 Å². The average molecular weight is 778 g/mol. The highest BCUT2D eigenvalue weighted by Crippen LogP contribution is 2.56. The molecule has 11 aromatic rings. The maximum atomic E-state index is 6.89. The molecule has 10 aromatic carbocycles. The maximum absolute atomic E-state index is 6.89. The zero-order valence-electron chi connectivity index (χ0n) is 33.4. The lowest BCUT2D eigenvalue weighted by Gasteiger charge is -2.35. The highest BCUT2D eigenvalue weighted by molar-refractivity contribution is 6.22. The minimum absolute atomic E-state index is 0.520. The zero-order valence-corrected chi connectivity index (χ0v) is 33.4. The third-order valence-electron chi connectivity index (χ3n) is 12.7. The van der Waals surface area contributed by atoms with Crippen LogP contribution in [0, 0.1) is 0 Å². The molecule has 2 nitrogen and oxygen atoms in total. The van der Waals surface area contributed by atoms with E-state index in [0.29, 0.717) is 0 Å². The van der Waals surface area contributed by atoms with Crippen LogP contribution >= 0.6 is 0 Å². The van der Waals surface area contributed by atoms with Gasteiger partial charge in [0.15, 0.2) is 0 Å². The van der Waals surface area contributed by atoms with Gasteiger partial charge in [0.05, 0.1) is 5.41 Å². The maximum Gasteiger partial charge on any atom is 0.137 e. The highest BCUT2D eigenvalue weighted by atomic mass is 16.3. The van der Waals surface area contributed by atoms with Gasteiger partial charge in [0.1, 0.15) is 11.2 Å². The number of nitrogens with zero attached hydrogens (tertiary/aromatic N) is 1. The summed E-state index contributed by atoms with van der Waals surface area (Å²) < 4.78 is 6.89. The zero-order chi connectivity index (χ0) is 40.3. The van der Waals surface area contributed by atoms with Crippen molar-refractivity contribution in [1.29, 1.82) is 0 Å². The Morgan fingerprint density at radius 1 is 0.311 bits per heavy atom. The lowest BCUT2D eigenvalue weighted by atomic mass is 9.67. The van der Waals surface area contributed by atoms with Crippen molar-refractivity contribution in [3.63, 3.8) is 0 Å². The Labute approximate surface area is 355 Å². The summed E-state index contributed by atoms with van der Waals surface area (Å²) in [5.74, 6) is 0. The van der Waals surface area contributed by atoms with Gasteiger partial charge in [0.2, 0.25) is 0 Å². The molecule has 1 aliphatic carbocycles. The van der Waals surface area contributed by atoms with E-state index >= 15 is 0 Å². The van der Waals surface area contributed by atoms with Crippen molar-refractivity contribution in [2.75, 3.05) is 4.90 Å². The fraction of sp³-hybridized carbons (Fsp3) is 0.0169. The van der Waals surface area contributed by atoms with Crippen LogP contribution < -0.4 is 4.90 Å². The van der Waals surface area contributed by atoms with E-state index in [1.165, 1.54) is 66.4 Å². The smallest absolute Gasteiger partial charge is 0.137 e. The van der Waals surface area contributed by atoms with Crippen molar-refractivity contribution in [1.82, 2.24) is 0 Å². The molecule has 1 heterocycles.